The van der Waals surface area contributed by atoms with Crippen molar-refractivity contribution in [1.29, 1.82) is 0 Å². The number of nitrogen functional groups attached to an aromatic ring is 1. The first kappa shape index (κ1) is 42.5. The molecular formula is C22H26B15F2N6O3S. The molecule has 0 fully saturated rings. The van der Waals surface area contributed by atoms with Crippen molar-refractivity contribution in [3.63, 3.8) is 0 Å². The number of carbonyl (C=O) groups is 1. The van der Waals surface area contributed by atoms with Crippen LogP contribution in [0.4, 0.5) is 31.5 Å². The number of halogens is 2. The van der Waals surface area contributed by atoms with Gasteiger partial charge >= 0.3 is 0 Å². The van der Waals surface area contributed by atoms with Crippen LogP contribution in [-0.2, 0) is 34.2 Å². The van der Waals surface area contributed by atoms with Gasteiger partial charge in [0.05, 0.1) is 42.6 Å². The summed E-state index contributed by atoms with van der Waals surface area (Å²) in [7, 11) is 42.3. The maximum absolute atomic E-state index is 13.9. The summed E-state index contributed by atoms with van der Waals surface area (Å²) in [4.78, 5) is 19.9. The fourth-order valence-electron chi connectivity index (χ4n) is 5.42. The number of nitrogens with two attached hydrogens (primary N) is 1. The molecule has 0 spiro atoms. The second kappa shape index (κ2) is 18.5. The van der Waals surface area contributed by atoms with Gasteiger partial charge in [-0.1, -0.05) is 7.43 Å². The van der Waals surface area contributed by atoms with E-state index in [9.17, 15) is 22.0 Å². The zero-order chi connectivity index (χ0) is 35.9. The Balaban J connectivity index is 0.000000264. The molecule has 1 amide bonds. The maximum Gasteiger partial charge on any atom is 0.229 e. The summed E-state index contributed by atoms with van der Waals surface area (Å²) in [6.45, 7) is 1.38. The van der Waals surface area contributed by atoms with Crippen molar-refractivity contribution >= 4 is 146 Å². The minimum Gasteiger partial charge on any atom is -0.396 e. The van der Waals surface area contributed by atoms with Gasteiger partial charge in [0.2, 0.25) is 15.9 Å². The molecular weight excluding hydrogens is 629 g/mol. The minimum atomic E-state index is -3.51. The Labute approximate surface area is 302 Å². The van der Waals surface area contributed by atoms with Crippen LogP contribution in [-0.4, -0.2) is 144 Å². The van der Waals surface area contributed by atoms with E-state index >= 15 is 0 Å². The predicted octanol–water partition coefficient (Wildman–Crippen LogP) is -2.69. The molecule has 0 unspecified atom stereocenters. The average Bonchev–Trinajstić information content (AvgIpc) is 3.72. The summed E-state index contributed by atoms with van der Waals surface area (Å²) in [5.74, 6) is -1.14. The fraction of sp³-hybridized carbons (Fsp3) is 0.273. The highest BCUT2D eigenvalue weighted by atomic mass is 32.2. The average molecular weight is 655 g/mol. The summed E-state index contributed by atoms with van der Waals surface area (Å²) in [5, 5.41) is 2.58. The van der Waals surface area contributed by atoms with E-state index in [2.05, 4.69) is 24.9 Å². The highest BCUT2D eigenvalue weighted by molar-refractivity contribution is 8.12. The summed E-state index contributed by atoms with van der Waals surface area (Å²) >= 11 is 0. The van der Waals surface area contributed by atoms with Crippen molar-refractivity contribution in [2.75, 3.05) is 33.5 Å². The number of aromatic nitrogens is 2. The van der Waals surface area contributed by atoms with Gasteiger partial charge in [0.1, 0.15) is 11.6 Å². The number of nitrogens with one attached hydrogen (secondary N) is 3. The summed E-state index contributed by atoms with van der Waals surface area (Å²) in [6, 6.07) is 5.68. The molecule has 227 valence electrons. The maximum atomic E-state index is 13.9. The lowest BCUT2D eigenvalue weighted by Crippen LogP contribution is -2.73. The van der Waals surface area contributed by atoms with Gasteiger partial charge in [0.15, 0.2) is 0 Å². The first-order valence-corrected chi connectivity index (χ1v) is 16.5. The van der Waals surface area contributed by atoms with Gasteiger partial charge < -0.3 is 20.9 Å². The molecule has 27 heteroatoms. The van der Waals surface area contributed by atoms with Gasteiger partial charge in [-0.05, 0) is 41.8 Å². The van der Waals surface area contributed by atoms with E-state index in [-0.39, 0.29) is 31.1 Å². The number of fused-ring (bicyclic) bond motifs is 2. The Morgan fingerprint density at radius 2 is 1.61 bits per heavy atom. The number of rotatable bonds is 10. The van der Waals surface area contributed by atoms with Gasteiger partial charge in [-0.15, -0.1) is 0 Å². The molecule has 5 N–H and O–H groups in total. The lowest BCUT2D eigenvalue weighted by atomic mass is 8.46. The molecule has 2 aliphatic rings. The number of benzene rings is 2. The summed E-state index contributed by atoms with van der Waals surface area (Å²) < 4.78 is 51.5. The van der Waals surface area contributed by atoms with Crippen LogP contribution in [0.2, 0.25) is 0 Å². The van der Waals surface area contributed by atoms with Gasteiger partial charge in [0.25, 0.3) is 0 Å². The van der Waals surface area contributed by atoms with Crippen molar-refractivity contribution in [2.45, 2.75) is 26.8 Å². The quantitative estimate of drug-likeness (QED) is 0.139. The molecule has 17 radical (unpaired) electrons. The van der Waals surface area contributed by atoms with Gasteiger partial charge in [0, 0.05) is 131 Å². The molecule has 3 heterocycles. The molecule has 0 bridgehead atoms. The number of H-pyrrole nitrogens is 1. The standard InChI is InChI=1S/C13H15FN4O2S.C8H7FN2O.CH4.B15/c1-21(19,20)17-12-5-13-9(4-11(12)14)2-3-18(13)7-10-6-15-8-16-10;9-5-1-4-2-8(12)11-7(4)3-6(5)10;;1-9-13(8)15(12(6)7)14(10(2)3)11(4)5/h4-6,8,17H,2-3,7H2,1H3,(H,15,16);1,3H,2,10H2,(H,11,12);1H4;. The number of imidazole rings is 1. The second-order valence-corrected chi connectivity index (χ2v) is 13.2. The molecule has 0 aliphatic carbocycles. The van der Waals surface area contributed by atoms with Crippen LogP contribution in [0.15, 0.2) is 36.8 Å². The Morgan fingerprint density at radius 1 is 1.00 bits per heavy atom. The summed E-state index contributed by atoms with van der Waals surface area (Å²) in [6.07, 6.45) is 1.55. The topological polar surface area (TPSA) is 133 Å². The highest BCUT2D eigenvalue weighted by Crippen LogP contribution is 2.34. The van der Waals surface area contributed by atoms with E-state index in [1.54, 1.807) is 18.6 Å². The van der Waals surface area contributed by atoms with Gasteiger partial charge in [-0.2, -0.15) is 0 Å². The number of hydrogen-bond acceptors (Lipinski definition) is 6. The van der Waals surface area contributed by atoms with E-state index in [4.69, 9.17) is 67.6 Å². The number of aromatic amines is 1. The lowest BCUT2D eigenvalue weighted by Gasteiger charge is -2.35. The third-order valence-electron chi connectivity index (χ3n) is 7.66. The van der Waals surface area contributed by atoms with Crippen LogP contribution in [0.25, 0.3) is 0 Å². The molecule has 2 aliphatic heterocycles. The normalized spacial score (nSPS) is 12.3. The van der Waals surface area contributed by atoms with Crippen molar-refractivity contribution in [3.8, 4) is 0 Å². The largest absolute Gasteiger partial charge is 0.396 e. The Kier molecular flexibility index (Phi) is 16.0. The van der Waals surface area contributed by atoms with E-state index < -0.39 is 60.0 Å². The van der Waals surface area contributed by atoms with Crippen LogP contribution in [0, 0.1) is 11.6 Å². The predicted molar refractivity (Wildman–Crippen MR) is 214 cm³/mol. The zero-order valence-corrected chi connectivity index (χ0v) is 27.1. The Morgan fingerprint density at radius 3 is 2.14 bits per heavy atom. The molecule has 9 nitrogen and oxygen atoms in total. The third kappa shape index (κ3) is 12.0. The molecule has 1 aromatic heterocycles. The van der Waals surface area contributed by atoms with Crippen molar-refractivity contribution in [2.24, 2.45) is 0 Å². The number of anilines is 4. The van der Waals surface area contributed by atoms with Crippen LogP contribution < -0.4 is 20.7 Å². The first-order chi connectivity index (χ1) is 22.4. The van der Waals surface area contributed by atoms with Crippen LogP contribution in [0.5, 0.6) is 0 Å². The number of nitrogens with zero attached hydrogens (tertiary/aromatic N) is 2. The fourth-order valence-corrected chi connectivity index (χ4v) is 5.98. The smallest absolute Gasteiger partial charge is 0.229 e. The molecule has 2 aromatic carbocycles. The Bertz CT molecular complexity index is 1620. The lowest BCUT2D eigenvalue weighted by molar-refractivity contribution is -0.115. The monoisotopic (exact) mass is 657 g/mol. The van der Waals surface area contributed by atoms with E-state index in [1.165, 1.54) is 25.3 Å². The van der Waals surface area contributed by atoms with Gasteiger partial charge in [-0.25, -0.2) is 22.2 Å². The van der Waals surface area contributed by atoms with Crippen molar-refractivity contribution < 1.29 is 22.0 Å². The van der Waals surface area contributed by atoms with Crippen LogP contribution >= 0.6 is 0 Å². The number of sulfonamides is 1. The molecule has 0 saturated carbocycles. The number of carbonyl (C=O) groups excluding carboxylic acids is 1. The minimum absolute atomic E-state index is 0. The highest BCUT2D eigenvalue weighted by Gasteiger charge is 2.36. The van der Waals surface area contributed by atoms with Crippen LogP contribution in [0.3, 0.4) is 0 Å². The SMILES string of the molecule is C.CS(=O)(=O)Nc1cc2c(cc1F)CCN2Cc1cnc[nH]1.Nc1cc2c(cc1F)CC(=O)N2.[B][B]B([B])B(B([B])[B])B(B([B])[B])B([B])[B]. The van der Waals surface area contributed by atoms with E-state index in [0.29, 0.717) is 17.8 Å². The molecule has 3 aromatic rings. The van der Waals surface area contributed by atoms with Crippen LogP contribution in [0.1, 0.15) is 24.2 Å². The van der Waals surface area contributed by atoms with E-state index in [0.717, 1.165) is 36.2 Å². The Hall–Kier alpha value is -2.70. The molecule has 49 heavy (non-hydrogen) atoms. The number of hydrogen-bond donors (Lipinski definition) is 4. The number of amides is 1. The molecule has 0 atom stereocenters. The van der Waals surface area contributed by atoms with Crippen molar-refractivity contribution in [1.82, 2.24) is 9.97 Å². The van der Waals surface area contributed by atoms with E-state index in [1.807, 2.05) is 0 Å². The zero-order valence-electron chi connectivity index (χ0n) is 26.3. The first-order valence-electron chi connectivity index (χ1n) is 14.7. The molecule has 0 saturated heterocycles. The summed E-state index contributed by atoms with van der Waals surface area (Å²) in [5.41, 5.74) is 9.33. The second-order valence-electron chi connectivity index (χ2n) is 11.5. The molecule has 5 rings (SSSR count). The van der Waals surface area contributed by atoms with Crippen molar-refractivity contribution in [3.05, 3.63) is 65.2 Å². The van der Waals surface area contributed by atoms with Gasteiger partial charge in [-0.3, -0.25) is 9.52 Å². The third-order valence-corrected chi connectivity index (χ3v) is 8.25.